The summed E-state index contributed by atoms with van der Waals surface area (Å²) in [6.07, 6.45) is 0. The number of halogens is 1. The number of amides is 1. The number of hydrogen-bond donors (Lipinski definition) is 1. The number of rotatable bonds is 7. The van der Waals surface area contributed by atoms with Crippen LogP contribution in [-0.2, 0) is 22.6 Å². The predicted molar refractivity (Wildman–Crippen MR) is 90.1 cm³/mol. The second kappa shape index (κ2) is 7.99. The summed E-state index contributed by atoms with van der Waals surface area (Å²) in [6, 6.07) is 9.21. The predicted octanol–water partition coefficient (Wildman–Crippen LogP) is 2.10. The van der Waals surface area contributed by atoms with Gasteiger partial charge in [0.15, 0.2) is 0 Å². The second-order valence-electron chi connectivity index (χ2n) is 5.27. The van der Waals surface area contributed by atoms with E-state index in [1.807, 2.05) is 31.2 Å². The van der Waals surface area contributed by atoms with Gasteiger partial charge in [0.05, 0.1) is 12.3 Å². The molecule has 7 heteroatoms. The third-order valence-corrected chi connectivity index (χ3v) is 3.82. The first kappa shape index (κ1) is 17.3. The number of methoxy groups -OCH3 is 1. The second-order valence-corrected chi connectivity index (χ2v) is 5.67. The molecule has 0 saturated heterocycles. The van der Waals surface area contributed by atoms with E-state index < -0.39 is 0 Å². The molecule has 0 aliphatic heterocycles. The summed E-state index contributed by atoms with van der Waals surface area (Å²) < 4.78 is 6.60. The summed E-state index contributed by atoms with van der Waals surface area (Å²) in [5.74, 6) is 0.386. The van der Waals surface area contributed by atoms with Gasteiger partial charge in [-0.3, -0.25) is 4.79 Å². The smallest absolute Gasteiger partial charge is 0.244 e. The fraction of sp³-hybridized carbons (Fsp3) is 0.375. The molecule has 0 aliphatic rings. The first-order valence-electron chi connectivity index (χ1n) is 7.31. The van der Waals surface area contributed by atoms with E-state index in [9.17, 15) is 4.79 Å². The Balaban J connectivity index is 2.12. The quantitative estimate of drug-likeness (QED) is 0.840. The Hall–Kier alpha value is -2.05. The molecule has 1 aromatic carbocycles. The van der Waals surface area contributed by atoms with Gasteiger partial charge in [-0.2, -0.15) is 5.10 Å². The molecule has 0 fully saturated rings. The Morgan fingerprint density at radius 3 is 2.78 bits per heavy atom. The van der Waals surface area contributed by atoms with E-state index in [4.69, 9.17) is 22.1 Å². The number of aryl methyl sites for hydroxylation is 1. The number of benzene rings is 1. The molecule has 2 aromatic rings. The fourth-order valence-electron chi connectivity index (χ4n) is 2.25. The molecular formula is C16H21ClN4O2. The zero-order valence-corrected chi connectivity index (χ0v) is 14.1. The van der Waals surface area contributed by atoms with Crippen molar-refractivity contribution in [2.24, 2.45) is 0 Å². The largest absolute Gasteiger partial charge is 0.384 e. The van der Waals surface area contributed by atoms with Crippen LogP contribution in [0.25, 0.3) is 0 Å². The van der Waals surface area contributed by atoms with Crippen molar-refractivity contribution in [3.05, 3.63) is 46.6 Å². The molecular weight excluding hydrogens is 316 g/mol. The van der Waals surface area contributed by atoms with Gasteiger partial charge >= 0.3 is 0 Å². The maximum absolute atomic E-state index is 12.6. The number of carbonyl (C=O) groups is 1. The SMILES string of the molecule is COCCN(Cc1ccccc1Cl)C(=O)Cn1nc(C)cc1N. The zero-order chi connectivity index (χ0) is 16.8. The maximum atomic E-state index is 12.6. The van der Waals surface area contributed by atoms with Crippen molar-refractivity contribution in [1.82, 2.24) is 14.7 Å². The molecule has 2 rings (SSSR count). The number of nitrogens with two attached hydrogens (primary N) is 1. The van der Waals surface area contributed by atoms with Crippen LogP contribution in [0, 0.1) is 6.92 Å². The van der Waals surface area contributed by atoms with E-state index in [1.54, 1.807) is 18.1 Å². The first-order chi connectivity index (χ1) is 11.0. The summed E-state index contributed by atoms with van der Waals surface area (Å²) >= 11 is 6.19. The third kappa shape index (κ3) is 4.71. The van der Waals surface area contributed by atoms with Gasteiger partial charge in [-0.1, -0.05) is 29.8 Å². The Bertz CT molecular complexity index is 672. The van der Waals surface area contributed by atoms with Gasteiger partial charge in [0.2, 0.25) is 5.91 Å². The van der Waals surface area contributed by atoms with Crippen molar-refractivity contribution in [2.45, 2.75) is 20.0 Å². The van der Waals surface area contributed by atoms with E-state index in [0.717, 1.165) is 11.3 Å². The molecule has 124 valence electrons. The van der Waals surface area contributed by atoms with Crippen molar-refractivity contribution >= 4 is 23.3 Å². The molecule has 2 N–H and O–H groups in total. The summed E-state index contributed by atoms with van der Waals surface area (Å²) in [4.78, 5) is 14.3. The Morgan fingerprint density at radius 1 is 1.43 bits per heavy atom. The molecule has 0 aliphatic carbocycles. The lowest BCUT2D eigenvalue weighted by Crippen LogP contribution is -2.36. The number of hydrogen-bond acceptors (Lipinski definition) is 4. The van der Waals surface area contributed by atoms with Gasteiger partial charge in [-0.15, -0.1) is 0 Å². The monoisotopic (exact) mass is 336 g/mol. The van der Waals surface area contributed by atoms with Gasteiger partial charge in [-0.05, 0) is 18.6 Å². The third-order valence-electron chi connectivity index (χ3n) is 3.46. The normalized spacial score (nSPS) is 10.7. The average molecular weight is 337 g/mol. The minimum atomic E-state index is -0.0863. The molecule has 0 unspecified atom stereocenters. The lowest BCUT2D eigenvalue weighted by molar-refractivity contribution is -0.133. The van der Waals surface area contributed by atoms with Gasteiger partial charge in [0, 0.05) is 31.3 Å². The molecule has 1 heterocycles. The Morgan fingerprint density at radius 2 is 2.17 bits per heavy atom. The molecule has 1 amide bonds. The van der Waals surface area contributed by atoms with Crippen molar-refractivity contribution in [2.75, 3.05) is 26.0 Å². The van der Waals surface area contributed by atoms with Gasteiger partial charge in [0.1, 0.15) is 12.4 Å². The number of carbonyl (C=O) groups excluding carboxylic acids is 1. The fourth-order valence-corrected chi connectivity index (χ4v) is 2.44. The lowest BCUT2D eigenvalue weighted by Gasteiger charge is -2.23. The summed E-state index contributed by atoms with van der Waals surface area (Å²) in [6.45, 7) is 3.27. The Kier molecular flexibility index (Phi) is 6.01. The van der Waals surface area contributed by atoms with Crippen LogP contribution < -0.4 is 5.73 Å². The van der Waals surface area contributed by atoms with Crippen LogP contribution in [0.4, 0.5) is 5.82 Å². The van der Waals surface area contributed by atoms with Crippen LogP contribution in [0.5, 0.6) is 0 Å². The van der Waals surface area contributed by atoms with Crippen LogP contribution in [0.15, 0.2) is 30.3 Å². The number of ether oxygens (including phenoxy) is 1. The summed E-state index contributed by atoms with van der Waals surface area (Å²) in [5.41, 5.74) is 7.52. The van der Waals surface area contributed by atoms with Crippen LogP contribution >= 0.6 is 11.6 Å². The maximum Gasteiger partial charge on any atom is 0.244 e. The van der Waals surface area contributed by atoms with Crippen molar-refractivity contribution in [3.8, 4) is 0 Å². The van der Waals surface area contributed by atoms with E-state index in [-0.39, 0.29) is 12.5 Å². The number of nitrogen functional groups attached to an aromatic ring is 1. The van der Waals surface area contributed by atoms with Crippen molar-refractivity contribution < 1.29 is 9.53 Å². The van der Waals surface area contributed by atoms with E-state index in [2.05, 4.69) is 5.10 Å². The zero-order valence-electron chi connectivity index (χ0n) is 13.3. The topological polar surface area (TPSA) is 73.4 Å². The highest BCUT2D eigenvalue weighted by atomic mass is 35.5. The standard InChI is InChI=1S/C16H21ClN4O2/c1-12-9-15(18)21(19-12)11-16(22)20(7-8-23-2)10-13-5-3-4-6-14(13)17/h3-6,9H,7-8,10-11,18H2,1-2H3. The van der Waals surface area contributed by atoms with Crippen LogP contribution in [-0.4, -0.2) is 40.8 Å². The Labute approximate surface area is 140 Å². The van der Waals surface area contributed by atoms with Crippen molar-refractivity contribution in [3.63, 3.8) is 0 Å². The van der Waals surface area contributed by atoms with Gasteiger partial charge < -0.3 is 15.4 Å². The van der Waals surface area contributed by atoms with Gasteiger partial charge in [0.25, 0.3) is 0 Å². The molecule has 1 aromatic heterocycles. The molecule has 0 spiro atoms. The number of nitrogens with zero attached hydrogens (tertiary/aromatic N) is 3. The molecule has 23 heavy (non-hydrogen) atoms. The summed E-state index contributed by atoms with van der Waals surface area (Å²) in [5, 5.41) is 4.86. The first-order valence-corrected chi connectivity index (χ1v) is 7.69. The van der Waals surface area contributed by atoms with Crippen LogP contribution in [0.1, 0.15) is 11.3 Å². The number of aromatic nitrogens is 2. The van der Waals surface area contributed by atoms with E-state index in [1.165, 1.54) is 4.68 Å². The summed E-state index contributed by atoms with van der Waals surface area (Å²) in [7, 11) is 1.60. The molecule has 0 atom stereocenters. The minimum Gasteiger partial charge on any atom is -0.384 e. The highest BCUT2D eigenvalue weighted by Gasteiger charge is 2.17. The van der Waals surface area contributed by atoms with Crippen LogP contribution in [0.2, 0.25) is 5.02 Å². The minimum absolute atomic E-state index is 0.0863. The molecule has 0 saturated carbocycles. The van der Waals surface area contributed by atoms with E-state index in [0.29, 0.717) is 30.5 Å². The molecule has 6 nitrogen and oxygen atoms in total. The highest BCUT2D eigenvalue weighted by molar-refractivity contribution is 6.31. The molecule has 0 bridgehead atoms. The lowest BCUT2D eigenvalue weighted by atomic mass is 10.2. The van der Waals surface area contributed by atoms with Crippen LogP contribution in [0.3, 0.4) is 0 Å². The van der Waals surface area contributed by atoms with E-state index >= 15 is 0 Å². The highest BCUT2D eigenvalue weighted by Crippen LogP contribution is 2.17. The van der Waals surface area contributed by atoms with Gasteiger partial charge in [-0.25, -0.2) is 4.68 Å². The number of anilines is 1. The average Bonchev–Trinajstić information content (AvgIpc) is 2.83. The van der Waals surface area contributed by atoms with Crippen molar-refractivity contribution in [1.29, 1.82) is 0 Å². The molecule has 0 radical (unpaired) electrons.